The summed E-state index contributed by atoms with van der Waals surface area (Å²) in [6.45, 7) is 3.11. The molecule has 0 bridgehead atoms. The maximum Gasteiger partial charge on any atom is 0.239 e. The normalized spacial score (nSPS) is 25.1. The lowest BCUT2D eigenvalue weighted by Crippen LogP contribution is -2.52. The second-order valence-corrected chi connectivity index (χ2v) is 5.41. The van der Waals surface area contributed by atoms with E-state index in [1.54, 1.807) is 4.90 Å². The molecule has 1 aliphatic heterocycles. The molecule has 1 fully saturated rings. The molecule has 4 nitrogen and oxygen atoms in total. The van der Waals surface area contributed by atoms with E-state index in [9.17, 15) is 9.90 Å². The number of nitrogens with zero attached hydrogens (tertiary/aromatic N) is 1. The highest BCUT2D eigenvalue weighted by Gasteiger charge is 2.29. The van der Waals surface area contributed by atoms with E-state index in [2.05, 4.69) is 0 Å². The molecule has 1 aliphatic rings. The number of piperidine rings is 1. The Labute approximate surface area is 114 Å². The van der Waals surface area contributed by atoms with Crippen LogP contribution in [0.2, 0.25) is 0 Å². The van der Waals surface area contributed by atoms with Gasteiger partial charge in [-0.2, -0.15) is 0 Å². The fourth-order valence-corrected chi connectivity index (χ4v) is 2.44. The third kappa shape index (κ3) is 3.55. The van der Waals surface area contributed by atoms with Gasteiger partial charge >= 0.3 is 0 Å². The average Bonchev–Trinajstić information content (AvgIpc) is 2.42. The second-order valence-electron chi connectivity index (χ2n) is 5.41. The van der Waals surface area contributed by atoms with Gasteiger partial charge in [-0.3, -0.25) is 4.79 Å². The lowest BCUT2D eigenvalue weighted by Gasteiger charge is -2.35. The first-order valence-corrected chi connectivity index (χ1v) is 6.84. The van der Waals surface area contributed by atoms with Crippen LogP contribution in [0.4, 0.5) is 0 Å². The predicted octanol–water partition coefficient (Wildman–Crippen LogP) is 0.786. The van der Waals surface area contributed by atoms with E-state index in [0.29, 0.717) is 19.5 Å². The maximum atomic E-state index is 12.2. The van der Waals surface area contributed by atoms with Crippen LogP contribution in [-0.2, 0) is 11.2 Å². The molecule has 1 heterocycles. The number of benzene rings is 1. The topological polar surface area (TPSA) is 66.6 Å². The molecular weight excluding hydrogens is 240 g/mol. The summed E-state index contributed by atoms with van der Waals surface area (Å²) >= 11 is 0. The van der Waals surface area contributed by atoms with Gasteiger partial charge in [0.05, 0.1) is 12.1 Å². The standard InChI is InChI=1S/C15H22N2O2/c1-11-7-8-17(10-14(11)18)15(19)13(16)9-12-5-3-2-4-6-12/h2-6,11,13-14,18H,7-10,16H2,1H3/t11?,13-,14?/m0/s1. The van der Waals surface area contributed by atoms with Crippen LogP contribution >= 0.6 is 0 Å². The Morgan fingerprint density at radius 3 is 2.79 bits per heavy atom. The van der Waals surface area contributed by atoms with Crippen molar-refractivity contribution in [1.82, 2.24) is 4.90 Å². The molecule has 1 saturated heterocycles. The third-order valence-corrected chi connectivity index (χ3v) is 3.85. The fraction of sp³-hybridized carbons (Fsp3) is 0.533. The SMILES string of the molecule is CC1CCN(C(=O)[C@@H](N)Cc2ccccc2)CC1O. The van der Waals surface area contributed by atoms with Crippen molar-refractivity contribution in [3.63, 3.8) is 0 Å². The van der Waals surface area contributed by atoms with Crippen LogP contribution in [0.5, 0.6) is 0 Å². The average molecular weight is 262 g/mol. The quantitative estimate of drug-likeness (QED) is 0.846. The van der Waals surface area contributed by atoms with E-state index in [4.69, 9.17) is 5.73 Å². The summed E-state index contributed by atoms with van der Waals surface area (Å²) in [5, 5.41) is 9.83. The van der Waals surface area contributed by atoms with Gasteiger partial charge in [0.25, 0.3) is 0 Å². The zero-order valence-electron chi connectivity index (χ0n) is 11.3. The minimum Gasteiger partial charge on any atom is -0.391 e. The van der Waals surface area contributed by atoms with Gasteiger partial charge in [-0.1, -0.05) is 37.3 Å². The Bertz CT molecular complexity index is 421. The minimum absolute atomic E-state index is 0.0604. The molecule has 3 atom stereocenters. The van der Waals surface area contributed by atoms with Gasteiger partial charge in [0.2, 0.25) is 5.91 Å². The smallest absolute Gasteiger partial charge is 0.239 e. The monoisotopic (exact) mass is 262 g/mol. The van der Waals surface area contributed by atoms with Crippen LogP contribution in [0.15, 0.2) is 30.3 Å². The highest BCUT2D eigenvalue weighted by atomic mass is 16.3. The van der Waals surface area contributed by atoms with Crippen LogP contribution in [0.1, 0.15) is 18.9 Å². The molecule has 0 aliphatic carbocycles. The zero-order chi connectivity index (χ0) is 13.8. The van der Waals surface area contributed by atoms with Crippen molar-refractivity contribution >= 4 is 5.91 Å². The summed E-state index contributed by atoms with van der Waals surface area (Å²) in [4.78, 5) is 13.9. The molecule has 1 aromatic rings. The van der Waals surface area contributed by atoms with Gasteiger partial charge in [-0.05, 0) is 24.3 Å². The lowest BCUT2D eigenvalue weighted by atomic mass is 9.95. The molecule has 104 valence electrons. The van der Waals surface area contributed by atoms with E-state index < -0.39 is 12.1 Å². The van der Waals surface area contributed by atoms with E-state index in [-0.39, 0.29) is 11.8 Å². The van der Waals surface area contributed by atoms with Crippen LogP contribution in [0.3, 0.4) is 0 Å². The third-order valence-electron chi connectivity index (χ3n) is 3.85. The molecule has 0 aromatic heterocycles. The van der Waals surface area contributed by atoms with Crippen molar-refractivity contribution in [3.05, 3.63) is 35.9 Å². The number of rotatable bonds is 3. The molecule has 1 aromatic carbocycles. The first-order valence-electron chi connectivity index (χ1n) is 6.84. The summed E-state index contributed by atoms with van der Waals surface area (Å²) in [6.07, 6.45) is 0.953. The van der Waals surface area contributed by atoms with Gasteiger partial charge < -0.3 is 15.7 Å². The van der Waals surface area contributed by atoms with Crippen LogP contribution in [0.25, 0.3) is 0 Å². The van der Waals surface area contributed by atoms with Crippen molar-refractivity contribution in [3.8, 4) is 0 Å². The van der Waals surface area contributed by atoms with Gasteiger partial charge in [0, 0.05) is 13.1 Å². The molecule has 2 rings (SSSR count). The number of hydrogen-bond donors (Lipinski definition) is 2. The number of likely N-dealkylation sites (tertiary alicyclic amines) is 1. The molecule has 4 heteroatoms. The van der Waals surface area contributed by atoms with Crippen molar-refractivity contribution in [1.29, 1.82) is 0 Å². The number of β-amino-alcohol motifs (C(OH)–C–C–N with tert-alkyl or cyclic N) is 1. The fourth-order valence-electron chi connectivity index (χ4n) is 2.44. The zero-order valence-corrected chi connectivity index (χ0v) is 11.3. The Kier molecular flexibility index (Phi) is 4.56. The second kappa shape index (κ2) is 6.17. The van der Waals surface area contributed by atoms with Crippen LogP contribution in [0, 0.1) is 5.92 Å². The lowest BCUT2D eigenvalue weighted by molar-refractivity contribution is -0.136. The number of carbonyl (C=O) groups excluding carboxylic acids is 1. The van der Waals surface area contributed by atoms with Crippen LogP contribution < -0.4 is 5.73 Å². The number of nitrogens with two attached hydrogens (primary N) is 1. The number of amides is 1. The summed E-state index contributed by atoms with van der Waals surface area (Å²) < 4.78 is 0. The predicted molar refractivity (Wildman–Crippen MR) is 74.5 cm³/mol. The molecule has 2 unspecified atom stereocenters. The van der Waals surface area contributed by atoms with Gasteiger partial charge in [-0.25, -0.2) is 0 Å². The highest BCUT2D eigenvalue weighted by Crippen LogP contribution is 2.17. The molecule has 0 spiro atoms. The largest absolute Gasteiger partial charge is 0.391 e. The number of hydrogen-bond acceptors (Lipinski definition) is 3. The van der Waals surface area contributed by atoms with E-state index >= 15 is 0 Å². The van der Waals surface area contributed by atoms with Gasteiger partial charge in [0.15, 0.2) is 0 Å². The molecular formula is C15H22N2O2. The number of aliphatic hydroxyl groups is 1. The molecule has 19 heavy (non-hydrogen) atoms. The highest BCUT2D eigenvalue weighted by molar-refractivity contribution is 5.82. The first-order chi connectivity index (χ1) is 9.08. The Balaban J connectivity index is 1.92. The number of carbonyl (C=O) groups is 1. The van der Waals surface area contributed by atoms with Crippen molar-refractivity contribution in [2.24, 2.45) is 11.7 Å². The molecule has 0 saturated carbocycles. The summed E-state index contributed by atoms with van der Waals surface area (Å²) in [7, 11) is 0. The summed E-state index contributed by atoms with van der Waals surface area (Å²) in [5.41, 5.74) is 7.05. The summed E-state index contributed by atoms with van der Waals surface area (Å²) in [5.74, 6) is 0.198. The Morgan fingerprint density at radius 1 is 1.47 bits per heavy atom. The molecule has 3 N–H and O–H groups in total. The Hall–Kier alpha value is -1.39. The Morgan fingerprint density at radius 2 is 2.16 bits per heavy atom. The maximum absolute atomic E-state index is 12.2. The summed E-state index contributed by atoms with van der Waals surface area (Å²) in [6, 6.07) is 9.25. The van der Waals surface area contributed by atoms with Crippen molar-refractivity contribution in [2.45, 2.75) is 31.9 Å². The van der Waals surface area contributed by atoms with E-state index in [0.717, 1.165) is 12.0 Å². The van der Waals surface area contributed by atoms with Crippen LogP contribution in [-0.4, -0.2) is 41.1 Å². The molecule has 0 radical (unpaired) electrons. The van der Waals surface area contributed by atoms with Crippen molar-refractivity contribution in [2.75, 3.05) is 13.1 Å². The first kappa shape index (κ1) is 14.0. The van der Waals surface area contributed by atoms with E-state index in [1.165, 1.54) is 0 Å². The molecule has 1 amide bonds. The van der Waals surface area contributed by atoms with Crippen molar-refractivity contribution < 1.29 is 9.90 Å². The van der Waals surface area contributed by atoms with E-state index in [1.807, 2.05) is 37.3 Å². The minimum atomic E-state index is -0.525. The number of aliphatic hydroxyl groups excluding tert-OH is 1. The van der Waals surface area contributed by atoms with Gasteiger partial charge in [-0.15, -0.1) is 0 Å². The van der Waals surface area contributed by atoms with Gasteiger partial charge in [0.1, 0.15) is 0 Å².